The van der Waals surface area contributed by atoms with Crippen molar-refractivity contribution in [3.05, 3.63) is 28.7 Å². The number of hydrogen-bond acceptors (Lipinski definition) is 10. The van der Waals surface area contributed by atoms with Gasteiger partial charge in [0.1, 0.15) is 23.8 Å². The van der Waals surface area contributed by atoms with Crippen LogP contribution in [0.2, 0.25) is 0 Å². The second-order valence-corrected chi connectivity index (χ2v) is 7.74. The van der Waals surface area contributed by atoms with Crippen LogP contribution in [-0.4, -0.2) is 73.3 Å². The van der Waals surface area contributed by atoms with E-state index >= 15 is 0 Å². The molecule has 3 aromatic heterocycles. The summed E-state index contributed by atoms with van der Waals surface area (Å²) in [7, 11) is 1.88. The molecule has 0 saturated carbocycles. The SMILES string of the molecule is CN(CCc1cccs1)c1nc(N)c2ncn([C@@H]3O[C@H](CO)C(O)C3O)c2n1. The molecule has 0 spiro atoms. The molecule has 4 heterocycles. The molecule has 0 radical (unpaired) electrons. The molecular weight excluding hydrogens is 384 g/mol. The van der Waals surface area contributed by atoms with Crippen molar-refractivity contribution in [1.29, 1.82) is 0 Å². The molecule has 0 aromatic carbocycles. The maximum Gasteiger partial charge on any atom is 0.229 e. The van der Waals surface area contributed by atoms with Crippen LogP contribution in [0.1, 0.15) is 11.1 Å². The summed E-state index contributed by atoms with van der Waals surface area (Å²) in [4.78, 5) is 16.3. The summed E-state index contributed by atoms with van der Waals surface area (Å²) in [5, 5.41) is 31.7. The van der Waals surface area contributed by atoms with E-state index in [-0.39, 0.29) is 5.82 Å². The van der Waals surface area contributed by atoms with Gasteiger partial charge in [-0.15, -0.1) is 11.3 Å². The van der Waals surface area contributed by atoms with Crippen molar-refractivity contribution in [2.24, 2.45) is 0 Å². The molecular formula is C17H22N6O4S. The molecule has 28 heavy (non-hydrogen) atoms. The summed E-state index contributed by atoms with van der Waals surface area (Å²) in [5.74, 6) is 0.642. The van der Waals surface area contributed by atoms with Crippen molar-refractivity contribution < 1.29 is 20.1 Å². The number of aromatic nitrogens is 4. The van der Waals surface area contributed by atoms with E-state index in [1.165, 1.54) is 15.8 Å². The molecule has 0 aliphatic carbocycles. The average Bonchev–Trinajstić information content (AvgIpc) is 3.41. The molecule has 4 rings (SSSR count). The first-order valence-electron chi connectivity index (χ1n) is 8.85. The van der Waals surface area contributed by atoms with Crippen molar-refractivity contribution in [1.82, 2.24) is 19.5 Å². The molecule has 0 bridgehead atoms. The fourth-order valence-electron chi connectivity index (χ4n) is 3.23. The standard InChI is InChI=1S/C17H22N6O4S/c1-22(5-4-9-3-2-6-28-9)17-20-14(18)11-15(21-17)23(8-19-11)16-13(26)12(25)10(7-24)27-16/h2-3,6,8,10,12-13,16,24-26H,4-5,7H2,1H3,(H2,18,20,21)/t10-,12?,13?,16-/m1/s1. The fourth-order valence-corrected chi connectivity index (χ4v) is 3.92. The second kappa shape index (κ2) is 7.60. The number of anilines is 2. The molecule has 4 atom stereocenters. The van der Waals surface area contributed by atoms with E-state index in [1.807, 2.05) is 23.4 Å². The lowest BCUT2D eigenvalue weighted by atomic mass is 10.1. The van der Waals surface area contributed by atoms with Crippen molar-refractivity contribution in [3.63, 3.8) is 0 Å². The number of likely N-dealkylation sites (N-methyl/N-ethyl adjacent to an activating group) is 1. The predicted octanol–water partition coefficient (Wildman–Crippen LogP) is -0.240. The van der Waals surface area contributed by atoms with Crippen LogP contribution in [0, 0.1) is 0 Å². The van der Waals surface area contributed by atoms with Crippen molar-refractivity contribution in [3.8, 4) is 0 Å². The molecule has 3 aromatic rings. The van der Waals surface area contributed by atoms with E-state index in [4.69, 9.17) is 10.5 Å². The number of fused-ring (bicyclic) bond motifs is 1. The van der Waals surface area contributed by atoms with Gasteiger partial charge in [0.25, 0.3) is 0 Å². The smallest absolute Gasteiger partial charge is 0.229 e. The van der Waals surface area contributed by atoms with E-state index in [1.54, 1.807) is 11.3 Å². The molecule has 11 heteroatoms. The third-order valence-electron chi connectivity index (χ3n) is 4.84. The highest BCUT2D eigenvalue weighted by atomic mass is 32.1. The zero-order chi connectivity index (χ0) is 19.8. The number of ether oxygens (including phenoxy) is 1. The van der Waals surface area contributed by atoms with Gasteiger partial charge in [-0.1, -0.05) is 6.07 Å². The zero-order valence-electron chi connectivity index (χ0n) is 15.2. The Labute approximate surface area is 164 Å². The summed E-state index contributed by atoms with van der Waals surface area (Å²) in [6.45, 7) is 0.294. The van der Waals surface area contributed by atoms with Gasteiger partial charge in [0.2, 0.25) is 5.95 Å². The summed E-state index contributed by atoms with van der Waals surface area (Å²) >= 11 is 1.69. The summed E-state index contributed by atoms with van der Waals surface area (Å²) < 4.78 is 7.09. The van der Waals surface area contributed by atoms with Crippen molar-refractivity contribution in [2.45, 2.75) is 31.0 Å². The summed E-state index contributed by atoms with van der Waals surface area (Å²) in [5.41, 5.74) is 6.84. The van der Waals surface area contributed by atoms with Gasteiger partial charge in [-0.2, -0.15) is 9.97 Å². The van der Waals surface area contributed by atoms with E-state index in [0.717, 1.165) is 6.42 Å². The van der Waals surface area contributed by atoms with Crippen LogP contribution in [-0.2, 0) is 11.2 Å². The highest BCUT2D eigenvalue weighted by Gasteiger charge is 2.44. The number of nitrogens with two attached hydrogens (primary N) is 1. The second-order valence-electron chi connectivity index (χ2n) is 6.71. The highest BCUT2D eigenvalue weighted by molar-refractivity contribution is 7.09. The Morgan fingerprint density at radius 2 is 2.14 bits per heavy atom. The number of thiophene rings is 1. The third kappa shape index (κ3) is 3.31. The van der Waals surface area contributed by atoms with E-state index < -0.39 is 31.1 Å². The lowest BCUT2D eigenvalue weighted by Crippen LogP contribution is -2.33. The third-order valence-corrected chi connectivity index (χ3v) is 5.78. The average molecular weight is 406 g/mol. The van der Waals surface area contributed by atoms with Gasteiger partial charge >= 0.3 is 0 Å². The number of hydrogen-bond donors (Lipinski definition) is 4. The fraction of sp³-hybridized carbons (Fsp3) is 0.471. The summed E-state index contributed by atoms with van der Waals surface area (Å²) in [6, 6.07) is 4.09. The van der Waals surface area contributed by atoms with E-state index in [2.05, 4.69) is 21.0 Å². The van der Waals surface area contributed by atoms with Crippen LogP contribution in [0.4, 0.5) is 11.8 Å². The number of nitrogen functional groups attached to an aromatic ring is 1. The van der Waals surface area contributed by atoms with Gasteiger partial charge < -0.3 is 30.7 Å². The van der Waals surface area contributed by atoms with Crippen LogP contribution in [0.3, 0.4) is 0 Å². The van der Waals surface area contributed by atoms with Gasteiger partial charge in [0, 0.05) is 18.5 Å². The van der Waals surface area contributed by atoms with Gasteiger partial charge in [-0.25, -0.2) is 4.98 Å². The Morgan fingerprint density at radius 3 is 2.82 bits per heavy atom. The topological polar surface area (TPSA) is 143 Å². The Balaban J connectivity index is 1.63. The van der Waals surface area contributed by atoms with Crippen molar-refractivity contribution in [2.75, 3.05) is 30.8 Å². The zero-order valence-corrected chi connectivity index (χ0v) is 16.0. The number of imidazole rings is 1. The van der Waals surface area contributed by atoms with Gasteiger partial charge in [0.15, 0.2) is 17.7 Å². The number of rotatable bonds is 6. The predicted molar refractivity (Wildman–Crippen MR) is 104 cm³/mol. The number of nitrogens with zero attached hydrogens (tertiary/aromatic N) is 5. The van der Waals surface area contributed by atoms with Crippen LogP contribution >= 0.6 is 11.3 Å². The minimum Gasteiger partial charge on any atom is -0.394 e. The number of aliphatic hydroxyl groups excluding tert-OH is 3. The van der Waals surface area contributed by atoms with Crippen LogP contribution in [0.15, 0.2) is 23.8 Å². The van der Waals surface area contributed by atoms with Crippen LogP contribution < -0.4 is 10.6 Å². The first-order chi connectivity index (χ1) is 13.5. The lowest BCUT2D eigenvalue weighted by molar-refractivity contribution is -0.0511. The largest absolute Gasteiger partial charge is 0.394 e. The lowest BCUT2D eigenvalue weighted by Gasteiger charge is -2.19. The van der Waals surface area contributed by atoms with E-state index in [9.17, 15) is 15.3 Å². The van der Waals surface area contributed by atoms with Crippen molar-refractivity contribution >= 4 is 34.3 Å². The molecule has 150 valence electrons. The Morgan fingerprint density at radius 1 is 1.32 bits per heavy atom. The van der Waals surface area contributed by atoms with Gasteiger partial charge in [-0.3, -0.25) is 4.57 Å². The van der Waals surface area contributed by atoms with Crippen LogP contribution in [0.25, 0.3) is 11.2 Å². The number of aliphatic hydroxyl groups is 3. The monoisotopic (exact) mass is 406 g/mol. The van der Waals surface area contributed by atoms with Gasteiger partial charge in [0.05, 0.1) is 12.9 Å². The first-order valence-corrected chi connectivity index (χ1v) is 9.73. The Bertz CT molecular complexity index is 949. The molecule has 10 nitrogen and oxygen atoms in total. The van der Waals surface area contributed by atoms with Gasteiger partial charge in [-0.05, 0) is 17.9 Å². The molecule has 1 saturated heterocycles. The molecule has 2 unspecified atom stereocenters. The first kappa shape index (κ1) is 19.0. The molecule has 1 fully saturated rings. The Hall–Kier alpha value is -2.31. The molecule has 1 aliphatic rings. The quantitative estimate of drug-likeness (QED) is 0.436. The molecule has 1 aliphatic heterocycles. The molecule has 0 amide bonds. The highest BCUT2D eigenvalue weighted by Crippen LogP contribution is 2.32. The maximum absolute atomic E-state index is 10.3. The minimum absolute atomic E-state index is 0.216. The van der Waals surface area contributed by atoms with E-state index in [0.29, 0.717) is 23.7 Å². The maximum atomic E-state index is 10.3. The summed E-state index contributed by atoms with van der Waals surface area (Å²) in [6.07, 6.45) is -1.97. The van der Waals surface area contributed by atoms with Crippen LogP contribution in [0.5, 0.6) is 0 Å². The Kier molecular flexibility index (Phi) is 5.17. The minimum atomic E-state index is -1.23. The molecule has 5 N–H and O–H groups in total. The normalized spacial score (nSPS) is 24.9.